The molecule has 21 heavy (non-hydrogen) atoms. The molecule has 2 heterocycles. The Hall–Kier alpha value is -1.36. The summed E-state index contributed by atoms with van der Waals surface area (Å²) in [6, 6.07) is 1.93. The predicted molar refractivity (Wildman–Crippen MR) is 80.3 cm³/mol. The van der Waals surface area contributed by atoms with Crippen molar-refractivity contribution in [3.8, 4) is 0 Å². The van der Waals surface area contributed by atoms with E-state index in [1.54, 1.807) is 4.90 Å². The zero-order valence-corrected chi connectivity index (χ0v) is 13.2. The van der Waals surface area contributed by atoms with Crippen LogP contribution in [0.5, 0.6) is 0 Å². The van der Waals surface area contributed by atoms with E-state index in [9.17, 15) is 9.90 Å². The van der Waals surface area contributed by atoms with Crippen LogP contribution in [0.4, 0.5) is 0 Å². The fourth-order valence-electron chi connectivity index (χ4n) is 3.15. The minimum atomic E-state index is -0.113. The molecule has 1 N–H and O–H groups in total. The smallest absolute Gasteiger partial charge is 0.274 e. The number of aliphatic hydroxyl groups excluding tert-OH is 1. The van der Waals surface area contributed by atoms with Crippen molar-refractivity contribution < 1.29 is 9.90 Å². The van der Waals surface area contributed by atoms with E-state index in [0.29, 0.717) is 11.6 Å². The molecule has 1 aromatic heterocycles. The lowest BCUT2D eigenvalue weighted by Gasteiger charge is -2.23. The monoisotopic (exact) mass is 291 g/mol. The van der Waals surface area contributed by atoms with Crippen molar-refractivity contribution in [1.82, 2.24) is 14.7 Å². The van der Waals surface area contributed by atoms with Gasteiger partial charge in [0.15, 0.2) is 5.69 Å². The van der Waals surface area contributed by atoms with Crippen molar-refractivity contribution in [2.24, 2.45) is 0 Å². The fraction of sp³-hybridized carbons (Fsp3) is 0.750. The average molecular weight is 291 g/mol. The first-order valence-electron chi connectivity index (χ1n) is 7.94. The van der Waals surface area contributed by atoms with Crippen LogP contribution in [-0.2, 0) is 5.54 Å². The van der Waals surface area contributed by atoms with Crippen molar-refractivity contribution in [3.05, 3.63) is 17.5 Å². The lowest BCUT2D eigenvalue weighted by molar-refractivity contribution is 0.0670. The third kappa shape index (κ3) is 2.71. The van der Waals surface area contributed by atoms with Gasteiger partial charge in [-0.3, -0.25) is 9.48 Å². The van der Waals surface area contributed by atoms with E-state index >= 15 is 0 Å². The highest BCUT2D eigenvalue weighted by Gasteiger charge is 2.35. The highest BCUT2D eigenvalue weighted by molar-refractivity contribution is 5.93. The van der Waals surface area contributed by atoms with Crippen LogP contribution in [0.3, 0.4) is 0 Å². The lowest BCUT2D eigenvalue weighted by Crippen LogP contribution is -2.38. The van der Waals surface area contributed by atoms with Crippen LogP contribution in [0.25, 0.3) is 0 Å². The Bertz CT molecular complexity index is 540. The number of aromatic nitrogens is 2. The number of aliphatic hydroxyl groups is 1. The number of nitrogens with zero attached hydrogens (tertiary/aromatic N) is 3. The van der Waals surface area contributed by atoms with Crippen molar-refractivity contribution in [2.75, 3.05) is 13.2 Å². The van der Waals surface area contributed by atoms with Gasteiger partial charge >= 0.3 is 0 Å². The van der Waals surface area contributed by atoms with Crippen molar-refractivity contribution in [3.63, 3.8) is 0 Å². The van der Waals surface area contributed by atoms with E-state index in [2.05, 4.69) is 25.9 Å². The number of hydrogen-bond acceptors (Lipinski definition) is 3. The van der Waals surface area contributed by atoms with Crippen LogP contribution < -0.4 is 0 Å². The van der Waals surface area contributed by atoms with Crippen molar-refractivity contribution in [1.29, 1.82) is 0 Å². The summed E-state index contributed by atoms with van der Waals surface area (Å²) in [7, 11) is 0. The van der Waals surface area contributed by atoms with Gasteiger partial charge in [-0.05, 0) is 52.5 Å². The Labute approximate surface area is 125 Å². The van der Waals surface area contributed by atoms with Gasteiger partial charge in [-0.15, -0.1) is 0 Å². The molecule has 0 aromatic carbocycles. The van der Waals surface area contributed by atoms with Gasteiger partial charge in [0.2, 0.25) is 0 Å². The molecule has 1 amide bonds. The highest BCUT2D eigenvalue weighted by Crippen LogP contribution is 2.42. The third-order valence-corrected chi connectivity index (χ3v) is 4.44. The van der Waals surface area contributed by atoms with Gasteiger partial charge in [-0.25, -0.2) is 0 Å². The number of likely N-dealkylation sites (tertiary alicyclic amines) is 1. The maximum atomic E-state index is 12.7. The standard InChI is InChI=1S/C16H25N3O2/c1-16(2,3)19-14(11-6-7-11)9-13(17-19)15(21)18-8-4-5-12(18)10-20/h9,11-12,20H,4-8,10H2,1-3H3/t12-/m1/s1. The largest absolute Gasteiger partial charge is 0.394 e. The van der Waals surface area contributed by atoms with Crippen LogP contribution in [-0.4, -0.2) is 44.9 Å². The van der Waals surface area contributed by atoms with Gasteiger partial charge in [0, 0.05) is 18.2 Å². The molecule has 2 fully saturated rings. The second kappa shape index (κ2) is 5.13. The topological polar surface area (TPSA) is 58.4 Å². The number of rotatable bonds is 3. The Balaban J connectivity index is 1.90. The molecule has 1 aliphatic heterocycles. The predicted octanol–water partition coefficient (Wildman–Crippen LogP) is 2.11. The summed E-state index contributed by atoms with van der Waals surface area (Å²) in [6.45, 7) is 7.12. The Morgan fingerprint density at radius 1 is 1.38 bits per heavy atom. The number of amides is 1. The molecule has 1 atom stereocenters. The number of carbonyl (C=O) groups is 1. The molecule has 3 rings (SSSR count). The highest BCUT2D eigenvalue weighted by atomic mass is 16.3. The first-order valence-corrected chi connectivity index (χ1v) is 7.94. The summed E-state index contributed by atoms with van der Waals surface area (Å²) >= 11 is 0. The molecule has 1 saturated heterocycles. The van der Waals surface area contributed by atoms with Gasteiger partial charge in [-0.1, -0.05) is 0 Å². The Morgan fingerprint density at radius 3 is 2.67 bits per heavy atom. The number of hydrogen-bond donors (Lipinski definition) is 1. The second-order valence-corrected chi connectivity index (χ2v) is 7.29. The summed E-state index contributed by atoms with van der Waals surface area (Å²) in [4.78, 5) is 14.5. The molecular weight excluding hydrogens is 266 g/mol. The van der Waals surface area contributed by atoms with Crippen LogP contribution in [0.2, 0.25) is 0 Å². The van der Waals surface area contributed by atoms with Gasteiger partial charge in [-0.2, -0.15) is 5.10 Å². The molecule has 0 unspecified atom stereocenters. The SMILES string of the molecule is CC(C)(C)n1nc(C(=O)N2CCC[C@@H]2CO)cc1C1CC1. The molecule has 5 nitrogen and oxygen atoms in total. The molecule has 1 aliphatic carbocycles. The van der Waals surface area contributed by atoms with Crippen LogP contribution in [0, 0.1) is 0 Å². The van der Waals surface area contributed by atoms with Crippen LogP contribution >= 0.6 is 0 Å². The molecule has 1 saturated carbocycles. The fourth-order valence-corrected chi connectivity index (χ4v) is 3.15. The third-order valence-electron chi connectivity index (χ3n) is 4.44. The van der Waals surface area contributed by atoms with Gasteiger partial charge in [0.05, 0.1) is 18.2 Å². The maximum absolute atomic E-state index is 12.7. The van der Waals surface area contributed by atoms with E-state index in [-0.39, 0.29) is 24.1 Å². The second-order valence-electron chi connectivity index (χ2n) is 7.29. The molecule has 0 bridgehead atoms. The molecule has 1 aromatic rings. The maximum Gasteiger partial charge on any atom is 0.274 e. The van der Waals surface area contributed by atoms with Crippen LogP contribution in [0.15, 0.2) is 6.07 Å². The molecule has 0 spiro atoms. The van der Waals surface area contributed by atoms with Gasteiger partial charge in [0.1, 0.15) is 0 Å². The van der Waals surface area contributed by atoms with Crippen molar-refractivity contribution >= 4 is 5.91 Å². The first-order chi connectivity index (χ1) is 9.91. The number of carbonyl (C=O) groups excluding carboxylic acids is 1. The van der Waals surface area contributed by atoms with E-state index < -0.39 is 0 Å². The van der Waals surface area contributed by atoms with E-state index in [1.165, 1.54) is 18.5 Å². The van der Waals surface area contributed by atoms with Crippen molar-refractivity contribution in [2.45, 2.75) is 64.0 Å². The summed E-state index contributed by atoms with van der Waals surface area (Å²) in [5.74, 6) is 0.530. The molecule has 0 radical (unpaired) electrons. The Morgan fingerprint density at radius 2 is 2.10 bits per heavy atom. The lowest BCUT2D eigenvalue weighted by atomic mass is 10.1. The van der Waals surface area contributed by atoms with Crippen LogP contribution in [0.1, 0.15) is 68.6 Å². The van der Waals surface area contributed by atoms with Gasteiger partial charge < -0.3 is 10.0 Å². The minimum absolute atomic E-state index is 0.0311. The van der Waals surface area contributed by atoms with E-state index in [0.717, 1.165) is 19.4 Å². The summed E-state index contributed by atoms with van der Waals surface area (Å²) in [5.41, 5.74) is 1.61. The van der Waals surface area contributed by atoms with Gasteiger partial charge in [0.25, 0.3) is 5.91 Å². The first kappa shape index (κ1) is 14.6. The summed E-state index contributed by atoms with van der Waals surface area (Å²) < 4.78 is 2.02. The summed E-state index contributed by atoms with van der Waals surface area (Å²) in [6.07, 6.45) is 4.24. The zero-order chi connectivity index (χ0) is 15.2. The summed E-state index contributed by atoms with van der Waals surface area (Å²) in [5, 5.41) is 14.0. The van der Waals surface area contributed by atoms with E-state index in [1.807, 2.05) is 10.7 Å². The molecule has 5 heteroatoms. The quantitative estimate of drug-likeness (QED) is 0.928. The zero-order valence-electron chi connectivity index (χ0n) is 13.2. The Kier molecular flexibility index (Phi) is 3.56. The molecular formula is C16H25N3O2. The normalized spacial score (nSPS) is 22.9. The minimum Gasteiger partial charge on any atom is -0.394 e. The molecule has 116 valence electrons. The molecule has 2 aliphatic rings. The van der Waals surface area contributed by atoms with E-state index in [4.69, 9.17) is 0 Å². The average Bonchev–Trinajstić information content (AvgIpc) is 3.01.